The number of rotatable bonds is 6. The minimum atomic E-state index is -3.90. The van der Waals surface area contributed by atoms with Crippen LogP contribution in [0.5, 0.6) is 0 Å². The molecule has 1 atom stereocenters. The average Bonchev–Trinajstić information content (AvgIpc) is 3.22. The molecule has 1 amide bonds. The zero-order valence-corrected chi connectivity index (χ0v) is 21.4. The van der Waals surface area contributed by atoms with Crippen molar-refractivity contribution in [2.45, 2.75) is 45.4 Å². The Morgan fingerprint density at radius 1 is 1.09 bits per heavy atom. The number of hydrogen-bond acceptors (Lipinski definition) is 5. The number of aromatic nitrogens is 1. The van der Waals surface area contributed by atoms with E-state index >= 15 is 0 Å². The molecular formula is C27H31N3O4S. The van der Waals surface area contributed by atoms with Crippen molar-refractivity contribution in [3.05, 3.63) is 76.2 Å². The SMILES string of the molecule is Cc1ccc(C)c(C=Cc2onc(C)c2S(=O)(=O)N2CCCC(C(=O)Nc3ccccc3C)C2)c1. The molecule has 0 aliphatic carbocycles. The van der Waals surface area contributed by atoms with Gasteiger partial charge >= 0.3 is 0 Å². The highest BCUT2D eigenvalue weighted by Crippen LogP contribution is 2.30. The van der Waals surface area contributed by atoms with Crippen LogP contribution in [0.3, 0.4) is 0 Å². The summed E-state index contributed by atoms with van der Waals surface area (Å²) in [5, 5.41) is 6.89. The standard InChI is InChI=1S/C27H31N3O4S/c1-18-11-12-19(2)22(16-18)13-14-25-26(21(4)29-34-25)35(32,33)30-15-7-9-23(17-30)27(31)28-24-10-6-5-8-20(24)3/h5-6,8,10-14,16,23H,7,9,15,17H2,1-4H3,(H,28,31). The summed E-state index contributed by atoms with van der Waals surface area (Å²) < 4.78 is 34.1. The number of piperidine rings is 1. The number of benzene rings is 2. The quantitative estimate of drug-likeness (QED) is 0.515. The number of aryl methyl sites for hydroxylation is 4. The summed E-state index contributed by atoms with van der Waals surface area (Å²) in [7, 11) is -3.90. The van der Waals surface area contributed by atoms with Crippen LogP contribution in [0.2, 0.25) is 0 Å². The molecule has 4 rings (SSSR count). The zero-order valence-electron chi connectivity index (χ0n) is 20.5. The lowest BCUT2D eigenvalue weighted by molar-refractivity contribution is -0.120. The molecule has 0 spiro atoms. The predicted molar refractivity (Wildman–Crippen MR) is 137 cm³/mol. The normalized spacial score (nSPS) is 17.1. The summed E-state index contributed by atoms with van der Waals surface area (Å²) in [6.07, 6.45) is 4.73. The number of carbonyl (C=O) groups is 1. The molecule has 1 aromatic heterocycles. The lowest BCUT2D eigenvalue weighted by Crippen LogP contribution is -2.44. The molecule has 1 fully saturated rings. The molecule has 0 bridgehead atoms. The van der Waals surface area contributed by atoms with Gasteiger partial charge in [-0.3, -0.25) is 4.79 Å². The van der Waals surface area contributed by atoms with Gasteiger partial charge < -0.3 is 9.84 Å². The van der Waals surface area contributed by atoms with Gasteiger partial charge in [-0.1, -0.05) is 53.2 Å². The number of nitrogens with one attached hydrogen (secondary N) is 1. The predicted octanol–water partition coefficient (Wildman–Crippen LogP) is 5.12. The van der Waals surface area contributed by atoms with Gasteiger partial charge in [-0.2, -0.15) is 4.31 Å². The third kappa shape index (κ3) is 5.39. The molecule has 1 N–H and O–H groups in total. The van der Waals surface area contributed by atoms with Crippen LogP contribution in [0.4, 0.5) is 5.69 Å². The first-order valence-corrected chi connectivity index (χ1v) is 13.2. The van der Waals surface area contributed by atoms with Crippen molar-refractivity contribution < 1.29 is 17.7 Å². The summed E-state index contributed by atoms with van der Waals surface area (Å²) in [5.41, 5.74) is 5.17. The van der Waals surface area contributed by atoms with Gasteiger partial charge in [0.05, 0.1) is 5.92 Å². The van der Waals surface area contributed by atoms with Crippen LogP contribution in [0.25, 0.3) is 12.2 Å². The molecule has 2 heterocycles. The summed E-state index contributed by atoms with van der Waals surface area (Å²) in [4.78, 5) is 13.0. The van der Waals surface area contributed by atoms with Crippen molar-refractivity contribution in [2.75, 3.05) is 18.4 Å². The van der Waals surface area contributed by atoms with Gasteiger partial charge in [-0.25, -0.2) is 8.42 Å². The van der Waals surface area contributed by atoms with Crippen molar-refractivity contribution in [3.63, 3.8) is 0 Å². The molecule has 2 aromatic carbocycles. The highest BCUT2D eigenvalue weighted by atomic mass is 32.2. The first kappa shape index (κ1) is 24.9. The number of hydrogen-bond donors (Lipinski definition) is 1. The maximum atomic E-state index is 13.7. The maximum Gasteiger partial charge on any atom is 0.248 e. The first-order chi connectivity index (χ1) is 16.7. The smallest absolute Gasteiger partial charge is 0.248 e. The molecule has 0 radical (unpaired) electrons. The van der Waals surface area contributed by atoms with Gasteiger partial charge in [0.2, 0.25) is 15.9 Å². The number of sulfonamides is 1. The van der Waals surface area contributed by atoms with E-state index in [9.17, 15) is 13.2 Å². The monoisotopic (exact) mass is 493 g/mol. The van der Waals surface area contributed by atoms with Crippen molar-refractivity contribution >= 4 is 33.8 Å². The Morgan fingerprint density at radius 2 is 1.86 bits per heavy atom. The molecule has 184 valence electrons. The summed E-state index contributed by atoms with van der Waals surface area (Å²) in [5.74, 6) is -0.418. The van der Waals surface area contributed by atoms with Gasteiger partial charge in [-0.05, 0) is 69.4 Å². The van der Waals surface area contributed by atoms with E-state index in [1.54, 1.807) is 13.0 Å². The number of carbonyl (C=O) groups excluding carboxylic acids is 1. The minimum absolute atomic E-state index is 0.0546. The number of anilines is 1. The van der Waals surface area contributed by atoms with Crippen LogP contribution >= 0.6 is 0 Å². The molecule has 1 aliphatic rings. The Hall–Kier alpha value is -3.23. The van der Waals surface area contributed by atoms with Crippen LogP contribution in [-0.2, 0) is 14.8 Å². The van der Waals surface area contributed by atoms with E-state index in [0.29, 0.717) is 25.1 Å². The van der Waals surface area contributed by atoms with Crippen molar-refractivity contribution in [3.8, 4) is 0 Å². The molecule has 1 unspecified atom stereocenters. The van der Waals surface area contributed by atoms with E-state index in [1.165, 1.54) is 4.31 Å². The number of nitrogens with zero attached hydrogens (tertiary/aromatic N) is 2. The maximum absolute atomic E-state index is 13.7. The fourth-order valence-electron chi connectivity index (χ4n) is 4.36. The van der Waals surface area contributed by atoms with E-state index in [-0.39, 0.29) is 23.1 Å². The molecule has 8 heteroatoms. The highest BCUT2D eigenvalue weighted by Gasteiger charge is 2.37. The largest absolute Gasteiger partial charge is 0.355 e. The number of para-hydroxylation sites is 1. The van der Waals surface area contributed by atoms with Gasteiger partial charge in [0.25, 0.3) is 0 Å². The lowest BCUT2D eigenvalue weighted by Gasteiger charge is -2.31. The Balaban J connectivity index is 1.56. The number of amides is 1. The summed E-state index contributed by atoms with van der Waals surface area (Å²) in [6.45, 7) is 8.02. The van der Waals surface area contributed by atoms with Crippen molar-refractivity contribution in [1.29, 1.82) is 0 Å². The topological polar surface area (TPSA) is 92.5 Å². The lowest BCUT2D eigenvalue weighted by atomic mass is 9.98. The van der Waals surface area contributed by atoms with Crippen LogP contribution in [0, 0.1) is 33.6 Å². The molecule has 35 heavy (non-hydrogen) atoms. The zero-order chi connectivity index (χ0) is 25.2. The van der Waals surface area contributed by atoms with Crippen LogP contribution in [0.15, 0.2) is 51.9 Å². The van der Waals surface area contributed by atoms with E-state index < -0.39 is 15.9 Å². The second-order valence-electron chi connectivity index (χ2n) is 9.16. The van der Waals surface area contributed by atoms with Crippen molar-refractivity contribution in [1.82, 2.24) is 9.46 Å². The molecule has 3 aromatic rings. The van der Waals surface area contributed by atoms with Gasteiger partial charge in [0.15, 0.2) is 10.7 Å². The Morgan fingerprint density at radius 3 is 2.63 bits per heavy atom. The molecular weight excluding hydrogens is 462 g/mol. The molecule has 7 nitrogen and oxygen atoms in total. The first-order valence-electron chi connectivity index (χ1n) is 11.7. The average molecular weight is 494 g/mol. The molecule has 1 saturated heterocycles. The summed E-state index contributed by atoms with van der Waals surface area (Å²) >= 11 is 0. The Kier molecular flexibility index (Phi) is 7.23. The fourth-order valence-corrected chi connectivity index (χ4v) is 6.13. The summed E-state index contributed by atoms with van der Waals surface area (Å²) in [6, 6.07) is 13.6. The van der Waals surface area contributed by atoms with Gasteiger partial charge in [-0.15, -0.1) is 0 Å². The van der Waals surface area contributed by atoms with Gasteiger partial charge in [0.1, 0.15) is 5.69 Å². The Labute approximate surface area is 206 Å². The van der Waals surface area contributed by atoms with Crippen LogP contribution in [0.1, 0.15) is 46.5 Å². The second-order valence-corrected chi connectivity index (χ2v) is 11.0. The van der Waals surface area contributed by atoms with Crippen LogP contribution in [-0.4, -0.2) is 36.9 Å². The second kappa shape index (κ2) is 10.2. The third-order valence-electron chi connectivity index (χ3n) is 6.44. The van der Waals surface area contributed by atoms with E-state index in [1.807, 2.05) is 69.3 Å². The van der Waals surface area contributed by atoms with Gasteiger partial charge in [0, 0.05) is 18.8 Å². The van der Waals surface area contributed by atoms with Crippen LogP contribution < -0.4 is 5.32 Å². The minimum Gasteiger partial charge on any atom is -0.355 e. The van der Waals surface area contributed by atoms with Crippen molar-refractivity contribution in [2.24, 2.45) is 5.92 Å². The van der Waals surface area contributed by atoms with E-state index in [2.05, 4.69) is 10.5 Å². The van der Waals surface area contributed by atoms with E-state index in [4.69, 9.17) is 4.52 Å². The molecule has 1 aliphatic heterocycles. The third-order valence-corrected chi connectivity index (χ3v) is 8.46. The Bertz CT molecular complexity index is 1370. The van der Waals surface area contributed by atoms with E-state index in [0.717, 1.165) is 27.9 Å². The highest BCUT2D eigenvalue weighted by molar-refractivity contribution is 7.89. The molecule has 0 saturated carbocycles. The fraction of sp³-hybridized carbons (Fsp3) is 0.333.